The molecule has 0 spiro atoms. The van der Waals surface area contributed by atoms with Crippen LogP contribution < -0.4 is 15.8 Å². The number of hydrogen-bond donors (Lipinski definition) is 2. The monoisotopic (exact) mass is 223 g/mol. The van der Waals surface area contributed by atoms with E-state index in [4.69, 9.17) is 10.5 Å². The minimum atomic E-state index is 0.734. The molecule has 90 valence electrons. The van der Waals surface area contributed by atoms with Crippen LogP contribution in [-0.4, -0.2) is 24.7 Å². The van der Waals surface area contributed by atoms with E-state index in [1.54, 1.807) is 12.4 Å². The van der Waals surface area contributed by atoms with Crippen LogP contribution in [0.15, 0.2) is 18.5 Å². The number of unbranched alkanes of at least 4 members (excludes halogenated alkanes) is 1. The molecule has 1 aromatic rings. The summed E-state index contributed by atoms with van der Waals surface area (Å²) in [4.78, 5) is 4.12. The molecule has 16 heavy (non-hydrogen) atoms. The van der Waals surface area contributed by atoms with Crippen molar-refractivity contribution in [3.8, 4) is 5.75 Å². The lowest BCUT2D eigenvalue weighted by molar-refractivity contribution is 0.316. The maximum Gasteiger partial charge on any atom is 0.139 e. The first-order chi connectivity index (χ1) is 7.86. The summed E-state index contributed by atoms with van der Waals surface area (Å²) in [6.45, 7) is 4.50. The summed E-state index contributed by atoms with van der Waals surface area (Å²) in [5.41, 5.74) is 6.43. The lowest BCUT2D eigenvalue weighted by Gasteiger charge is -2.08. The van der Waals surface area contributed by atoms with E-state index in [0.29, 0.717) is 0 Å². The molecule has 0 amide bonds. The lowest BCUT2D eigenvalue weighted by atomic mass is 10.3. The van der Waals surface area contributed by atoms with E-state index in [0.717, 1.165) is 50.4 Å². The van der Waals surface area contributed by atoms with Crippen molar-refractivity contribution in [2.45, 2.75) is 26.2 Å². The van der Waals surface area contributed by atoms with Crippen molar-refractivity contribution in [1.82, 2.24) is 4.98 Å². The van der Waals surface area contributed by atoms with E-state index in [1.165, 1.54) is 0 Å². The molecule has 0 atom stereocenters. The summed E-state index contributed by atoms with van der Waals surface area (Å²) in [6, 6.07) is 1.98. The average molecular weight is 223 g/mol. The van der Waals surface area contributed by atoms with Gasteiger partial charge in [-0.25, -0.2) is 0 Å². The van der Waals surface area contributed by atoms with Crippen LogP contribution >= 0.6 is 0 Å². The molecule has 0 aromatic carbocycles. The zero-order valence-electron chi connectivity index (χ0n) is 9.91. The van der Waals surface area contributed by atoms with Crippen molar-refractivity contribution in [1.29, 1.82) is 0 Å². The number of aromatic nitrogens is 1. The molecule has 0 aliphatic heterocycles. The van der Waals surface area contributed by atoms with Gasteiger partial charge in [-0.2, -0.15) is 0 Å². The van der Waals surface area contributed by atoms with Gasteiger partial charge in [-0.15, -0.1) is 0 Å². The summed E-state index contributed by atoms with van der Waals surface area (Å²) in [5.74, 6) is 0.825. The predicted molar refractivity (Wildman–Crippen MR) is 66.8 cm³/mol. The van der Waals surface area contributed by atoms with Crippen molar-refractivity contribution in [3.63, 3.8) is 0 Å². The van der Waals surface area contributed by atoms with Crippen LogP contribution in [0, 0.1) is 0 Å². The van der Waals surface area contributed by atoms with E-state index in [-0.39, 0.29) is 0 Å². The Morgan fingerprint density at radius 1 is 1.38 bits per heavy atom. The van der Waals surface area contributed by atoms with Crippen LogP contribution in [0.4, 0.5) is 5.69 Å². The smallest absolute Gasteiger partial charge is 0.139 e. The zero-order valence-corrected chi connectivity index (χ0v) is 9.91. The maximum atomic E-state index is 5.50. The van der Waals surface area contributed by atoms with Gasteiger partial charge in [-0.05, 0) is 25.8 Å². The summed E-state index contributed by atoms with van der Waals surface area (Å²) in [5, 5.41) is 3.30. The van der Waals surface area contributed by atoms with Gasteiger partial charge in [0.15, 0.2) is 0 Å². The number of nitrogens with two attached hydrogens (primary N) is 1. The van der Waals surface area contributed by atoms with Crippen molar-refractivity contribution in [2.24, 2.45) is 5.73 Å². The van der Waals surface area contributed by atoms with Crippen LogP contribution in [0.3, 0.4) is 0 Å². The second kappa shape index (κ2) is 7.93. The molecule has 1 heterocycles. The number of rotatable bonds is 8. The fourth-order valence-electron chi connectivity index (χ4n) is 1.32. The number of nitrogens with zero attached hydrogens (tertiary/aromatic N) is 1. The van der Waals surface area contributed by atoms with Crippen molar-refractivity contribution in [3.05, 3.63) is 18.5 Å². The van der Waals surface area contributed by atoms with Gasteiger partial charge in [0.25, 0.3) is 0 Å². The molecule has 0 aliphatic carbocycles. The van der Waals surface area contributed by atoms with Crippen molar-refractivity contribution < 1.29 is 4.74 Å². The third-order valence-electron chi connectivity index (χ3n) is 2.15. The van der Waals surface area contributed by atoms with Gasteiger partial charge < -0.3 is 15.8 Å². The van der Waals surface area contributed by atoms with Gasteiger partial charge in [0.2, 0.25) is 0 Å². The standard InChI is InChI=1S/C12H21N3O/c1-2-7-16-12-8-11(9-14-10-12)15-6-4-3-5-13/h8-10,15H,2-7,13H2,1H3. The third-order valence-corrected chi connectivity index (χ3v) is 2.15. The summed E-state index contributed by atoms with van der Waals surface area (Å²) in [7, 11) is 0. The quantitative estimate of drug-likeness (QED) is 0.662. The highest BCUT2D eigenvalue weighted by molar-refractivity contribution is 5.44. The Morgan fingerprint density at radius 2 is 2.25 bits per heavy atom. The summed E-state index contributed by atoms with van der Waals surface area (Å²) in [6.07, 6.45) is 6.68. The molecule has 0 fully saturated rings. The van der Waals surface area contributed by atoms with Gasteiger partial charge in [-0.3, -0.25) is 4.98 Å². The fraction of sp³-hybridized carbons (Fsp3) is 0.583. The van der Waals surface area contributed by atoms with Gasteiger partial charge in [0.1, 0.15) is 5.75 Å². The van der Waals surface area contributed by atoms with Crippen LogP contribution in [0.1, 0.15) is 26.2 Å². The number of hydrogen-bond acceptors (Lipinski definition) is 4. The van der Waals surface area contributed by atoms with Crippen LogP contribution in [0.5, 0.6) is 5.75 Å². The number of anilines is 1. The van der Waals surface area contributed by atoms with Gasteiger partial charge in [-0.1, -0.05) is 6.92 Å². The normalized spacial score (nSPS) is 10.1. The Balaban J connectivity index is 2.35. The Morgan fingerprint density at radius 3 is 3.00 bits per heavy atom. The van der Waals surface area contributed by atoms with Gasteiger partial charge in [0, 0.05) is 12.6 Å². The Bertz CT molecular complexity index is 291. The summed E-state index contributed by atoms with van der Waals surface area (Å²) >= 11 is 0. The van der Waals surface area contributed by atoms with Crippen LogP contribution in [-0.2, 0) is 0 Å². The van der Waals surface area contributed by atoms with Crippen LogP contribution in [0.2, 0.25) is 0 Å². The first-order valence-corrected chi connectivity index (χ1v) is 5.88. The van der Waals surface area contributed by atoms with Gasteiger partial charge >= 0.3 is 0 Å². The highest BCUT2D eigenvalue weighted by atomic mass is 16.5. The first-order valence-electron chi connectivity index (χ1n) is 5.88. The first kappa shape index (κ1) is 12.8. The molecule has 0 aliphatic rings. The Labute approximate surface area is 97.2 Å². The SMILES string of the molecule is CCCOc1cncc(NCCCCN)c1. The van der Waals surface area contributed by atoms with E-state index in [9.17, 15) is 0 Å². The number of ether oxygens (including phenoxy) is 1. The average Bonchev–Trinajstić information content (AvgIpc) is 2.33. The minimum Gasteiger partial charge on any atom is -0.492 e. The van der Waals surface area contributed by atoms with Crippen molar-refractivity contribution in [2.75, 3.05) is 25.0 Å². The molecular weight excluding hydrogens is 202 g/mol. The second-order valence-corrected chi connectivity index (χ2v) is 3.68. The molecule has 3 N–H and O–H groups in total. The second-order valence-electron chi connectivity index (χ2n) is 3.68. The largest absolute Gasteiger partial charge is 0.492 e. The summed E-state index contributed by atoms with van der Waals surface area (Å²) < 4.78 is 5.50. The molecule has 4 heteroatoms. The number of nitrogens with one attached hydrogen (secondary N) is 1. The fourth-order valence-corrected chi connectivity index (χ4v) is 1.32. The molecule has 4 nitrogen and oxygen atoms in total. The topological polar surface area (TPSA) is 60.2 Å². The maximum absolute atomic E-state index is 5.50. The van der Waals surface area contributed by atoms with Gasteiger partial charge in [0.05, 0.1) is 24.7 Å². The molecule has 0 unspecified atom stereocenters. The number of pyridine rings is 1. The molecule has 1 rings (SSSR count). The van der Waals surface area contributed by atoms with Crippen molar-refractivity contribution >= 4 is 5.69 Å². The van der Waals surface area contributed by atoms with Crippen LogP contribution in [0.25, 0.3) is 0 Å². The highest BCUT2D eigenvalue weighted by Crippen LogP contribution is 2.15. The van der Waals surface area contributed by atoms with E-state index < -0.39 is 0 Å². The third kappa shape index (κ3) is 4.98. The minimum absolute atomic E-state index is 0.734. The molecule has 1 aromatic heterocycles. The molecule has 0 bridgehead atoms. The van der Waals surface area contributed by atoms with E-state index in [1.807, 2.05) is 6.07 Å². The molecular formula is C12H21N3O. The van der Waals surface area contributed by atoms with E-state index in [2.05, 4.69) is 17.2 Å². The Hall–Kier alpha value is -1.29. The lowest BCUT2D eigenvalue weighted by Crippen LogP contribution is -2.06. The zero-order chi connectivity index (χ0) is 11.6. The molecule has 0 saturated heterocycles. The molecule has 0 saturated carbocycles. The van der Waals surface area contributed by atoms with E-state index >= 15 is 0 Å². The predicted octanol–water partition coefficient (Wildman–Crippen LogP) is 2.02. The molecule has 0 radical (unpaired) electrons. The Kier molecular flexibility index (Phi) is 6.33. The highest BCUT2D eigenvalue weighted by Gasteiger charge is 1.96.